The van der Waals surface area contributed by atoms with E-state index in [9.17, 15) is 9.59 Å². The topological polar surface area (TPSA) is 57.6 Å². The Labute approximate surface area is 120 Å². The van der Waals surface area contributed by atoms with Crippen LogP contribution in [0.25, 0.3) is 0 Å². The summed E-state index contributed by atoms with van der Waals surface area (Å²) in [5, 5.41) is 8.83. The molecule has 1 aromatic carbocycles. The predicted octanol–water partition coefficient (Wildman–Crippen LogP) is 3.03. The third-order valence-electron chi connectivity index (χ3n) is 3.68. The normalized spacial score (nSPS) is 12.2. The van der Waals surface area contributed by atoms with Crippen LogP contribution in [0.5, 0.6) is 0 Å². The average molecular weight is 277 g/mol. The fraction of sp³-hybridized carbons (Fsp3) is 0.500. The number of carbonyl (C=O) groups is 2. The van der Waals surface area contributed by atoms with Gasteiger partial charge < -0.3 is 10.0 Å². The van der Waals surface area contributed by atoms with Crippen LogP contribution in [-0.2, 0) is 11.3 Å². The lowest BCUT2D eigenvalue weighted by atomic mass is 9.94. The first-order valence-corrected chi connectivity index (χ1v) is 6.87. The second kappa shape index (κ2) is 7.08. The lowest BCUT2D eigenvalue weighted by Crippen LogP contribution is -2.28. The smallest absolute Gasteiger partial charge is 0.335 e. The second-order valence-electron chi connectivity index (χ2n) is 5.68. The molecule has 0 aliphatic heterocycles. The zero-order valence-corrected chi connectivity index (χ0v) is 12.6. The van der Waals surface area contributed by atoms with Gasteiger partial charge in [0.2, 0.25) is 5.91 Å². The Morgan fingerprint density at radius 2 is 1.70 bits per heavy atom. The number of rotatable bonds is 6. The van der Waals surface area contributed by atoms with Crippen LogP contribution in [0.2, 0.25) is 0 Å². The summed E-state index contributed by atoms with van der Waals surface area (Å²) >= 11 is 0. The summed E-state index contributed by atoms with van der Waals surface area (Å²) in [5.41, 5.74) is 1.19. The first kappa shape index (κ1) is 16.2. The molecule has 1 atom stereocenters. The molecule has 0 spiro atoms. The van der Waals surface area contributed by atoms with E-state index in [0.717, 1.165) is 5.56 Å². The summed E-state index contributed by atoms with van der Waals surface area (Å²) in [5.74, 6) is 0.0294. The van der Waals surface area contributed by atoms with E-state index in [2.05, 4.69) is 20.8 Å². The fourth-order valence-electron chi connectivity index (χ4n) is 1.78. The molecule has 0 aliphatic carbocycles. The minimum atomic E-state index is -0.938. The van der Waals surface area contributed by atoms with Gasteiger partial charge in [0.15, 0.2) is 0 Å². The lowest BCUT2D eigenvalue weighted by molar-refractivity contribution is -0.131. The van der Waals surface area contributed by atoms with Gasteiger partial charge >= 0.3 is 5.97 Å². The van der Waals surface area contributed by atoms with Crippen LogP contribution in [0, 0.1) is 11.8 Å². The molecule has 0 bridgehead atoms. The highest BCUT2D eigenvalue weighted by molar-refractivity contribution is 5.87. The molecule has 0 saturated heterocycles. The molecule has 0 saturated carbocycles. The maximum Gasteiger partial charge on any atom is 0.335 e. The molecule has 20 heavy (non-hydrogen) atoms. The monoisotopic (exact) mass is 277 g/mol. The van der Waals surface area contributed by atoms with E-state index in [1.165, 1.54) is 0 Å². The van der Waals surface area contributed by atoms with Gasteiger partial charge in [0.05, 0.1) is 5.56 Å². The highest BCUT2D eigenvalue weighted by Crippen LogP contribution is 2.16. The molecule has 0 heterocycles. The van der Waals surface area contributed by atoms with Crippen molar-refractivity contribution in [2.24, 2.45) is 11.8 Å². The molecular formula is C16H23NO3. The summed E-state index contributed by atoms with van der Waals surface area (Å²) in [4.78, 5) is 24.5. The first-order chi connectivity index (χ1) is 9.31. The van der Waals surface area contributed by atoms with Gasteiger partial charge in [0, 0.05) is 20.0 Å². The number of nitrogens with zero attached hydrogens (tertiary/aromatic N) is 1. The van der Waals surface area contributed by atoms with E-state index in [1.807, 2.05) is 0 Å². The van der Waals surface area contributed by atoms with Gasteiger partial charge in [-0.25, -0.2) is 4.79 Å². The van der Waals surface area contributed by atoms with Crippen molar-refractivity contribution in [3.63, 3.8) is 0 Å². The van der Waals surface area contributed by atoms with E-state index >= 15 is 0 Å². The van der Waals surface area contributed by atoms with Crippen molar-refractivity contribution >= 4 is 11.9 Å². The molecule has 4 nitrogen and oxygen atoms in total. The fourth-order valence-corrected chi connectivity index (χ4v) is 1.78. The standard InChI is InChI=1S/C16H23NO3/c1-11(2)12(3)9-15(18)17(4)10-13-5-7-14(8-6-13)16(19)20/h5-8,11-12H,9-10H2,1-4H3,(H,19,20). The zero-order valence-electron chi connectivity index (χ0n) is 12.6. The number of amides is 1. The van der Waals surface area contributed by atoms with E-state index in [0.29, 0.717) is 24.8 Å². The van der Waals surface area contributed by atoms with Crippen molar-refractivity contribution in [1.29, 1.82) is 0 Å². The minimum Gasteiger partial charge on any atom is -0.478 e. The molecule has 0 radical (unpaired) electrons. The summed E-state index contributed by atoms with van der Waals surface area (Å²) in [6.07, 6.45) is 0.543. The maximum absolute atomic E-state index is 12.1. The van der Waals surface area contributed by atoms with Gasteiger partial charge in [-0.1, -0.05) is 32.9 Å². The molecule has 1 amide bonds. The average Bonchev–Trinajstić information content (AvgIpc) is 2.38. The predicted molar refractivity (Wildman–Crippen MR) is 78.5 cm³/mol. The van der Waals surface area contributed by atoms with Crippen LogP contribution in [0.15, 0.2) is 24.3 Å². The van der Waals surface area contributed by atoms with E-state index in [1.54, 1.807) is 36.2 Å². The van der Waals surface area contributed by atoms with Crippen LogP contribution in [0.4, 0.5) is 0 Å². The molecule has 4 heteroatoms. The number of hydrogen-bond acceptors (Lipinski definition) is 2. The van der Waals surface area contributed by atoms with Gasteiger partial charge in [-0.05, 0) is 29.5 Å². The molecule has 110 valence electrons. The van der Waals surface area contributed by atoms with Crippen LogP contribution < -0.4 is 0 Å². The number of hydrogen-bond donors (Lipinski definition) is 1. The van der Waals surface area contributed by atoms with Gasteiger partial charge in [-0.3, -0.25) is 4.79 Å². The molecule has 0 aromatic heterocycles. The van der Waals surface area contributed by atoms with Crippen molar-refractivity contribution in [3.05, 3.63) is 35.4 Å². The molecule has 1 N–H and O–H groups in total. The quantitative estimate of drug-likeness (QED) is 0.869. The molecule has 0 fully saturated rings. The van der Waals surface area contributed by atoms with E-state index in [-0.39, 0.29) is 11.5 Å². The zero-order chi connectivity index (χ0) is 15.3. The van der Waals surface area contributed by atoms with Crippen LogP contribution in [0.1, 0.15) is 43.1 Å². The Balaban J connectivity index is 2.59. The van der Waals surface area contributed by atoms with Crippen molar-refractivity contribution in [2.45, 2.75) is 33.7 Å². The summed E-state index contributed by atoms with van der Waals surface area (Å²) < 4.78 is 0. The number of carboxylic acids is 1. The number of carbonyl (C=O) groups excluding carboxylic acids is 1. The van der Waals surface area contributed by atoms with Crippen LogP contribution in [-0.4, -0.2) is 28.9 Å². The van der Waals surface area contributed by atoms with Gasteiger partial charge in [0.25, 0.3) is 0 Å². The van der Waals surface area contributed by atoms with Gasteiger partial charge in [0.1, 0.15) is 0 Å². The number of carboxylic acid groups (broad SMARTS) is 1. The van der Waals surface area contributed by atoms with E-state index < -0.39 is 5.97 Å². The first-order valence-electron chi connectivity index (χ1n) is 6.87. The Morgan fingerprint density at radius 1 is 1.15 bits per heavy atom. The van der Waals surface area contributed by atoms with Gasteiger partial charge in [-0.2, -0.15) is 0 Å². The van der Waals surface area contributed by atoms with E-state index in [4.69, 9.17) is 5.11 Å². The van der Waals surface area contributed by atoms with Crippen molar-refractivity contribution < 1.29 is 14.7 Å². The Hall–Kier alpha value is -1.84. The largest absolute Gasteiger partial charge is 0.478 e. The lowest BCUT2D eigenvalue weighted by Gasteiger charge is -2.21. The van der Waals surface area contributed by atoms with Crippen LogP contribution >= 0.6 is 0 Å². The number of aromatic carboxylic acids is 1. The highest BCUT2D eigenvalue weighted by atomic mass is 16.4. The molecule has 1 rings (SSSR count). The molecule has 1 aromatic rings. The third-order valence-corrected chi connectivity index (χ3v) is 3.68. The Morgan fingerprint density at radius 3 is 2.15 bits per heavy atom. The third kappa shape index (κ3) is 4.68. The summed E-state index contributed by atoms with van der Waals surface area (Å²) in [7, 11) is 1.78. The molecule has 0 aliphatic rings. The summed E-state index contributed by atoms with van der Waals surface area (Å²) in [6.45, 7) is 6.81. The number of benzene rings is 1. The Kier molecular flexibility index (Phi) is 5.74. The highest BCUT2D eigenvalue weighted by Gasteiger charge is 2.16. The van der Waals surface area contributed by atoms with Crippen molar-refractivity contribution in [2.75, 3.05) is 7.05 Å². The molecular weight excluding hydrogens is 254 g/mol. The van der Waals surface area contributed by atoms with Crippen molar-refractivity contribution in [1.82, 2.24) is 4.90 Å². The Bertz CT molecular complexity index is 465. The van der Waals surface area contributed by atoms with Gasteiger partial charge in [-0.15, -0.1) is 0 Å². The molecule has 1 unspecified atom stereocenters. The maximum atomic E-state index is 12.1. The SMILES string of the molecule is CC(C)C(C)CC(=O)N(C)Cc1ccc(C(=O)O)cc1. The second-order valence-corrected chi connectivity index (χ2v) is 5.68. The summed E-state index contributed by atoms with van der Waals surface area (Å²) in [6, 6.07) is 6.62. The minimum absolute atomic E-state index is 0.119. The van der Waals surface area contributed by atoms with Crippen molar-refractivity contribution in [3.8, 4) is 0 Å². The van der Waals surface area contributed by atoms with Crippen LogP contribution in [0.3, 0.4) is 0 Å².